The van der Waals surface area contributed by atoms with Crippen LogP contribution in [0.2, 0.25) is 0 Å². The van der Waals surface area contributed by atoms with Gasteiger partial charge < -0.3 is 14.4 Å². The molecule has 1 aliphatic heterocycles. The van der Waals surface area contributed by atoms with Crippen molar-refractivity contribution in [3.63, 3.8) is 0 Å². The van der Waals surface area contributed by atoms with Crippen LogP contribution in [0.1, 0.15) is 12.8 Å². The zero-order valence-electron chi connectivity index (χ0n) is 15.1. The number of sulfonamides is 1. The van der Waals surface area contributed by atoms with Crippen molar-refractivity contribution in [3.05, 3.63) is 48.5 Å². The number of ether oxygens (including phenoxy) is 2. The van der Waals surface area contributed by atoms with Crippen LogP contribution in [0.5, 0.6) is 11.5 Å². The Labute approximate surface area is 158 Å². The molecule has 0 atom stereocenters. The van der Waals surface area contributed by atoms with Gasteiger partial charge in [0.2, 0.25) is 15.9 Å². The van der Waals surface area contributed by atoms with E-state index in [0.717, 1.165) is 6.42 Å². The Balaban J connectivity index is 1.67. The van der Waals surface area contributed by atoms with Crippen LogP contribution in [0.3, 0.4) is 0 Å². The van der Waals surface area contributed by atoms with Crippen molar-refractivity contribution in [1.29, 1.82) is 0 Å². The Hall–Kier alpha value is -2.74. The van der Waals surface area contributed by atoms with Crippen molar-refractivity contribution in [2.45, 2.75) is 12.8 Å². The SMILES string of the molecule is COc1ccc(NS(=O)(=O)CCOc2ccccc2)cc1N1CCCC1=O. The largest absolute Gasteiger partial charge is 0.495 e. The number of nitrogens with zero attached hydrogens (tertiary/aromatic N) is 1. The lowest BCUT2D eigenvalue weighted by atomic mass is 10.2. The summed E-state index contributed by atoms with van der Waals surface area (Å²) in [7, 11) is -2.08. The number of carbonyl (C=O) groups excluding carboxylic acids is 1. The van der Waals surface area contributed by atoms with Gasteiger partial charge in [0, 0.05) is 13.0 Å². The highest BCUT2D eigenvalue weighted by Crippen LogP contribution is 2.34. The second kappa shape index (κ2) is 8.30. The molecule has 1 heterocycles. The topological polar surface area (TPSA) is 84.9 Å². The van der Waals surface area contributed by atoms with Crippen molar-refractivity contribution < 1.29 is 22.7 Å². The van der Waals surface area contributed by atoms with E-state index in [1.807, 2.05) is 18.2 Å². The minimum atomic E-state index is -3.60. The molecule has 3 rings (SSSR count). The smallest absolute Gasteiger partial charge is 0.236 e. The molecule has 0 unspecified atom stereocenters. The highest BCUT2D eigenvalue weighted by molar-refractivity contribution is 7.92. The number of nitrogens with one attached hydrogen (secondary N) is 1. The van der Waals surface area contributed by atoms with Crippen molar-refractivity contribution in [3.8, 4) is 11.5 Å². The van der Waals surface area contributed by atoms with Crippen LogP contribution in [0, 0.1) is 0 Å². The van der Waals surface area contributed by atoms with Gasteiger partial charge in [0.25, 0.3) is 0 Å². The fourth-order valence-electron chi connectivity index (χ4n) is 2.88. The van der Waals surface area contributed by atoms with E-state index in [-0.39, 0.29) is 18.3 Å². The minimum absolute atomic E-state index is 0.00423. The number of para-hydroxylation sites is 1. The third-order valence-corrected chi connectivity index (χ3v) is 5.43. The summed E-state index contributed by atoms with van der Waals surface area (Å²) in [5, 5.41) is 0. The van der Waals surface area contributed by atoms with E-state index in [4.69, 9.17) is 9.47 Å². The van der Waals surface area contributed by atoms with Gasteiger partial charge in [-0.1, -0.05) is 18.2 Å². The first kappa shape index (κ1) is 19.0. The van der Waals surface area contributed by atoms with E-state index in [0.29, 0.717) is 35.8 Å². The Morgan fingerprint density at radius 1 is 1.15 bits per heavy atom. The van der Waals surface area contributed by atoms with Gasteiger partial charge in [0.15, 0.2) is 0 Å². The maximum absolute atomic E-state index is 12.3. The average Bonchev–Trinajstić information content (AvgIpc) is 3.08. The maximum Gasteiger partial charge on any atom is 0.236 e. The molecular weight excluding hydrogens is 368 g/mol. The van der Waals surface area contributed by atoms with Crippen LogP contribution in [0.15, 0.2) is 48.5 Å². The van der Waals surface area contributed by atoms with Crippen LogP contribution in [-0.2, 0) is 14.8 Å². The number of benzene rings is 2. The number of methoxy groups -OCH3 is 1. The number of carbonyl (C=O) groups is 1. The van der Waals surface area contributed by atoms with E-state index >= 15 is 0 Å². The van der Waals surface area contributed by atoms with Gasteiger partial charge in [-0.15, -0.1) is 0 Å². The molecule has 8 heteroatoms. The standard InChI is InChI=1S/C19H22N2O5S/c1-25-18-10-9-15(14-17(18)21-11-5-8-19(21)22)20-27(23,24)13-12-26-16-6-3-2-4-7-16/h2-4,6-7,9-10,14,20H,5,8,11-13H2,1H3. The molecule has 2 aromatic carbocycles. The zero-order valence-corrected chi connectivity index (χ0v) is 15.9. The zero-order chi connectivity index (χ0) is 19.3. The van der Waals surface area contributed by atoms with Crippen LogP contribution < -0.4 is 19.1 Å². The Morgan fingerprint density at radius 3 is 2.59 bits per heavy atom. The lowest BCUT2D eigenvalue weighted by molar-refractivity contribution is -0.117. The van der Waals surface area contributed by atoms with Gasteiger partial charge in [-0.05, 0) is 36.8 Å². The molecule has 0 bridgehead atoms. The summed E-state index contributed by atoms with van der Waals surface area (Å²) in [5.41, 5.74) is 0.950. The summed E-state index contributed by atoms with van der Waals surface area (Å²) in [6, 6.07) is 13.9. The van der Waals surface area contributed by atoms with Crippen LogP contribution >= 0.6 is 0 Å². The van der Waals surface area contributed by atoms with Gasteiger partial charge in [-0.25, -0.2) is 8.42 Å². The lowest BCUT2D eigenvalue weighted by Gasteiger charge is -2.20. The van der Waals surface area contributed by atoms with Gasteiger partial charge >= 0.3 is 0 Å². The highest BCUT2D eigenvalue weighted by Gasteiger charge is 2.25. The number of hydrogen-bond acceptors (Lipinski definition) is 5. The van der Waals surface area contributed by atoms with Crippen molar-refractivity contribution >= 4 is 27.3 Å². The second-order valence-corrected chi connectivity index (χ2v) is 7.96. The molecule has 1 N–H and O–H groups in total. The molecule has 0 aromatic heterocycles. The number of hydrogen-bond donors (Lipinski definition) is 1. The monoisotopic (exact) mass is 390 g/mol. The average molecular weight is 390 g/mol. The third kappa shape index (κ3) is 4.91. The predicted molar refractivity (Wildman–Crippen MR) is 104 cm³/mol. The van der Waals surface area contributed by atoms with Crippen molar-refractivity contribution in [1.82, 2.24) is 0 Å². The van der Waals surface area contributed by atoms with Crippen LogP contribution in [0.4, 0.5) is 11.4 Å². The van der Waals surface area contributed by atoms with E-state index in [1.54, 1.807) is 35.2 Å². The van der Waals surface area contributed by atoms with E-state index < -0.39 is 10.0 Å². The Morgan fingerprint density at radius 2 is 1.93 bits per heavy atom. The summed E-state index contributed by atoms with van der Waals surface area (Å²) in [6.07, 6.45) is 1.25. The first-order chi connectivity index (χ1) is 13.0. The normalized spacial score (nSPS) is 14.3. The molecule has 7 nitrogen and oxygen atoms in total. The molecule has 0 spiro atoms. The molecule has 27 heavy (non-hydrogen) atoms. The first-order valence-electron chi connectivity index (χ1n) is 8.65. The molecule has 1 saturated heterocycles. The second-order valence-electron chi connectivity index (χ2n) is 6.12. The Kier molecular flexibility index (Phi) is 5.85. The summed E-state index contributed by atoms with van der Waals surface area (Å²) >= 11 is 0. The van der Waals surface area contributed by atoms with Crippen molar-refractivity contribution in [2.75, 3.05) is 35.6 Å². The Bertz CT molecular complexity index is 900. The molecule has 2 aromatic rings. The fraction of sp³-hybridized carbons (Fsp3) is 0.316. The number of anilines is 2. The van der Waals surface area contributed by atoms with E-state index in [1.165, 1.54) is 7.11 Å². The summed E-state index contributed by atoms with van der Waals surface area (Å²) < 4.78 is 38.0. The molecule has 0 aliphatic carbocycles. The van der Waals surface area contributed by atoms with Crippen LogP contribution in [0.25, 0.3) is 0 Å². The van der Waals surface area contributed by atoms with E-state index in [9.17, 15) is 13.2 Å². The summed E-state index contributed by atoms with van der Waals surface area (Å²) in [4.78, 5) is 13.7. The van der Waals surface area contributed by atoms with Gasteiger partial charge in [-0.3, -0.25) is 9.52 Å². The highest BCUT2D eigenvalue weighted by atomic mass is 32.2. The van der Waals surface area contributed by atoms with Crippen molar-refractivity contribution in [2.24, 2.45) is 0 Å². The molecule has 0 saturated carbocycles. The molecule has 144 valence electrons. The fourth-order valence-corrected chi connectivity index (χ4v) is 3.77. The van der Waals surface area contributed by atoms with Gasteiger partial charge in [-0.2, -0.15) is 0 Å². The number of rotatable bonds is 8. The lowest BCUT2D eigenvalue weighted by Crippen LogP contribution is -2.25. The number of amides is 1. The van der Waals surface area contributed by atoms with Crippen LogP contribution in [-0.4, -0.2) is 40.3 Å². The quantitative estimate of drug-likeness (QED) is 0.749. The summed E-state index contributed by atoms with van der Waals surface area (Å²) in [6.45, 7) is 0.628. The molecule has 1 amide bonds. The molecular formula is C19H22N2O5S. The predicted octanol–water partition coefficient (Wildman–Crippen LogP) is 2.64. The summed E-state index contributed by atoms with van der Waals surface area (Å²) in [5.74, 6) is 0.962. The molecule has 1 fully saturated rings. The minimum Gasteiger partial charge on any atom is -0.495 e. The molecule has 0 radical (unpaired) electrons. The van der Waals surface area contributed by atoms with Gasteiger partial charge in [0.1, 0.15) is 23.9 Å². The van der Waals surface area contributed by atoms with E-state index in [2.05, 4.69) is 4.72 Å². The third-order valence-electron chi connectivity index (χ3n) is 4.18. The maximum atomic E-state index is 12.3. The van der Waals surface area contributed by atoms with Gasteiger partial charge in [0.05, 0.1) is 18.5 Å². The molecule has 1 aliphatic rings. The first-order valence-corrected chi connectivity index (χ1v) is 10.3.